The van der Waals surface area contributed by atoms with Gasteiger partial charge in [-0.15, -0.1) is 0 Å². The molecule has 2 N–H and O–H groups in total. The smallest absolute Gasteiger partial charge is 0.337 e. The van der Waals surface area contributed by atoms with Gasteiger partial charge in [0.1, 0.15) is 0 Å². The third kappa shape index (κ3) is 9.37. The molecule has 2 atom stereocenters. The first-order valence-electron chi connectivity index (χ1n) is 11.1. The van der Waals surface area contributed by atoms with Gasteiger partial charge in [0.05, 0.1) is 13.2 Å². The largest absolute Gasteiger partial charge is 0.450 e. The monoisotopic (exact) mass is 399 g/mol. The molecule has 1 unspecified atom stereocenters. The number of hydrogen-bond donors (Lipinski definition) is 2. The number of amides is 1. The number of hydrogen-bond acceptors (Lipinski definition) is 5. The number of carbonyl (C=O) groups is 2. The average Bonchev–Trinajstić information content (AvgIpc) is 2.82. The van der Waals surface area contributed by atoms with Crippen molar-refractivity contribution >= 4 is 11.9 Å². The standard InChI is InChI=1S/C22H41NO5/c1-4-5-6-7-8-9-10-11-12-13-14-15-27-18-16-23-20(25)19(28-21(18)26)22(2,3)17-24/h18-19,24H,4-17H2,1-3H3,(H,23,25)/t18?,19-/m0/s1. The first kappa shape index (κ1) is 24.9. The zero-order chi connectivity index (χ0) is 20.8. The Morgan fingerprint density at radius 2 is 1.54 bits per heavy atom. The van der Waals surface area contributed by atoms with Crippen molar-refractivity contribution in [2.24, 2.45) is 5.41 Å². The number of cyclic esters (lactones) is 1. The van der Waals surface area contributed by atoms with Crippen LogP contribution in [0.2, 0.25) is 0 Å². The number of esters is 1. The summed E-state index contributed by atoms with van der Waals surface area (Å²) in [5, 5.41) is 12.1. The zero-order valence-electron chi connectivity index (χ0n) is 18.1. The third-order valence-electron chi connectivity index (χ3n) is 5.38. The van der Waals surface area contributed by atoms with E-state index in [1.165, 1.54) is 57.8 Å². The van der Waals surface area contributed by atoms with Gasteiger partial charge in [-0.25, -0.2) is 4.79 Å². The lowest BCUT2D eigenvalue weighted by Crippen LogP contribution is -2.46. The Morgan fingerprint density at radius 1 is 1.00 bits per heavy atom. The highest BCUT2D eigenvalue weighted by atomic mass is 16.6. The van der Waals surface area contributed by atoms with Crippen LogP contribution in [0.4, 0.5) is 0 Å². The fourth-order valence-corrected chi connectivity index (χ4v) is 3.33. The summed E-state index contributed by atoms with van der Waals surface area (Å²) in [6.45, 7) is 5.98. The van der Waals surface area contributed by atoms with Gasteiger partial charge < -0.3 is 19.9 Å². The van der Waals surface area contributed by atoms with E-state index in [4.69, 9.17) is 9.47 Å². The highest BCUT2D eigenvalue weighted by molar-refractivity contribution is 5.88. The molecule has 0 aliphatic carbocycles. The van der Waals surface area contributed by atoms with Gasteiger partial charge in [0.25, 0.3) is 5.91 Å². The molecular formula is C22H41NO5. The lowest BCUT2D eigenvalue weighted by Gasteiger charge is -2.29. The minimum atomic E-state index is -0.999. The van der Waals surface area contributed by atoms with Gasteiger partial charge in [0.15, 0.2) is 12.2 Å². The summed E-state index contributed by atoms with van der Waals surface area (Å²) >= 11 is 0. The van der Waals surface area contributed by atoms with Crippen molar-refractivity contribution in [3.8, 4) is 0 Å². The zero-order valence-corrected chi connectivity index (χ0v) is 18.1. The van der Waals surface area contributed by atoms with E-state index in [0.29, 0.717) is 6.61 Å². The fraction of sp³-hybridized carbons (Fsp3) is 0.909. The SMILES string of the molecule is CCCCCCCCCCCCCOC1CNC(=O)[C@@H](C(C)(C)CO)OC1=O. The molecule has 0 spiro atoms. The van der Waals surface area contributed by atoms with Gasteiger partial charge in [-0.05, 0) is 6.42 Å². The topological polar surface area (TPSA) is 84.9 Å². The lowest BCUT2D eigenvalue weighted by molar-refractivity contribution is -0.170. The molecule has 28 heavy (non-hydrogen) atoms. The second-order valence-electron chi connectivity index (χ2n) is 8.60. The van der Waals surface area contributed by atoms with E-state index in [1.54, 1.807) is 13.8 Å². The Kier molecular flexibility index (Phi) is 12.4. The van der Waals surface area contributed by atoms with E-state index >= 15 is 0 Å². The van der Waals surface area contributed by atoms with E-state index in [1.807, 2.05) is 0 Å². The van der Waals surface area contributed by atoms with Crippen LogP contribution >= 0.6 is 0 Å². The first-order valence-corrected chi connectivity index (χ1v) is 11.1. The van der Waals surface area contributed by atoms with Crippen molar-refractivity contribution in [2.45, 2.75) is 104 Å². The van der Waals surface area contributed by atoms with Crippen molar-refractivity contribution in [2.75, 3.05) is 19.8 Å². The van der Waals surface area contributed by atoms with Crippen LogP contribution in [0.5, 0.6) is 0 Å². The summed E-state index contributed by atoms with van der Waals surface area (Å²) in [7, 11) is 0. The summed E-state index contributed by atoms with van der Waals surface area (Å²) in [4.78, 5) is 24.4. The molecule has 0 bridgehead atoms. The van der Waals surface area contributed by atoms with Gasteiger partial charge >= 0.3 is 5.97 Å². The molecule has 0 saturated carbocycles. The number of aliphatic hydroxyl groups is 1. The number of unbranched alkanes of at least 4 members (excludes halogenated alkanes) is 10. The normalized spacial score (nSPS) is 20.6. The molecule has 0 aromatic heterocycles. The van der Waals surface area contributed by atoms with E-state index in [2.05, 4.69) is 12.2 Å². The summed E-state index contributed by atoms with van der Waals surface area (Å²) in [6.07, 6.45) is 12.1. The fourth-order valence-electron chi connectivity index (χ4n) is 3.33. The van der Waals surface area contributed by atoms with Crippen LogP contribution < -0.4 is 5.32 Å². The van der Waals surface area contributed by atoms with E-state index in [0.717, 1.165) is 12.8 Å². The Morgan fingerprint density at radius 3 is 2.07 bits per heavy atom. The Balaban J connectivity index is 2.12. The minimum absolute atomic E-state index is 0.119. The second kappa shape index (κ2) is 13.9. The molecule has 6 heteroatoms. The van der Waals surface area contributed by atoms with E-state index in [9.17, 15) is 14.7 Å². The highest BCUT2D eigenvalue weighted by Crippen LogP contribution is 2.25. The number of nitrogens with one attached hydrogen (secondary N) is 1. The molecule has 1 rings (SSSR count). The summed E-state index contributed by atoms with van der Waals surface area (Å²) in [6, 6.07) is 0. The maximum Gasteiger partial charge on any atom is 0.337 e. The van der Waals surface area contributed by atoms with Crippen LogP contribution in [0, 0.1) is 5.41 Å². The molecule has 6 nitrogen and oxygen atoms in total. The van der Waals surface area contributed by atoms with Crippen LogP contribution in [0.3, 0.4) is 0 Å². The first-order chi connectivity index (χ1) is 13.4. The lowest BCUT2D eigenvalue weighted by atomic mass is 9.87. The third-order valence-corrected chi connectivity index (χ3v) is 5.38. The van der Waals surface area contributed by atoms with Crippen LogP contribution in [-0.2, 0) is 19.1 Å². The molecule has 1 heterocycles. The molecule has 0 radical (unpaired) electrons. The van der Waals surface area contributed by atoms with Crippen molar-refractivity contribution in [1.29, 1.82) is 0 Å². The molecule has 1 aliphatic heterocycles. The number of ether oxygens (including phenoxy) is 2. The van der Waals surface area contributed by atoms with Crippen molar-refractivity contribution in [1.82, 2.24) is 5.32 Å². The van der Waals surface area contributed by atoms with Gasteiger partial charge in [-0.3, -0.25) is 4.79 Å². The van der Waals surface area contributed by atoms with E-state index in [-0.39, 0.29) is 19.1 Å². The van der Waals surface area contributed by atoms with Crippen LogP contribution in [-0.4, -0.2) is 48.9 Å². The molecule has 1 fully saturated rings. The number of aliphatic hydroxyl groups excluding tert-OH is 1. The molecule has 0 aromatic carbocycles. The van der Waals surface area contributed by atoms with Crippen molar-refractivity contribution in [3.63, 3.8) is 0 Å². The van der Waals surface area contributed by atoms with Gasteiger partial charge in [0, 0.05) is 12.0 Å². The van der Waals surface area contributed by atoms with Crippen molar-refractivity contribution in [3.05, 3.63) is 0 Å². The Bertz CT molecular complexity index is 452. The van der Waals surface area contributed by atoms with Crippen LogP contribution in [0.15, 0.2) is 0 Å². The highest BCUT2D eigenvalue weighted by Gasteiger charge is 2.42. The molecule has 164 valence electrons. The Hall–Kier alpha value is -1.14. The summed E-state index contributed by atoms with van der Waals surface area (Å²) in [5.74, 6) is -0.916. The quantitative estimate of drug-likeness (QED) is 0.324. The molecule has 1 amide bonds. The average molecular weight is 400 g/mol. The predicted molar refractivity (Wildman–Crippen MR) is 110 cm³/mol. The van der Waals surface area contributed by atoms with E-state index < -0.39 is 23.6 Å². The minimum Gasteiger partial charge on any atom is -0.450 e. The number of rotatable bonds is 15. The van der Waals surface area contributed by atoms with Gasteiger partial charge in [0.2, 0.25) is 0 Å². The molecule has 1 saturated heterocycles. The Labute approximate surface area is 170 Å². The summed E-state index contributed by atoms with van der Waals surface area (Å²) in [5.41, 5.74) is -0.829. The maximum absolute atomic E-state index is 12.2. The van der Waals surface area contributed by atoms with Gasteiger partial charge in [-0.2, -0.15) is 0 Å². The molecule has 1 aliphatic rings. The molecular weight excluding hydrogens is 358 g/mol. The second-order valence-corrected chi connectivity index (χ2v) is 8.60. The maximum atomic E-state index is 12.2. The van der Waals surface area contributed by atoms with Crippen LogP contribution in [0.1, 0.15) is 91.4 Å². The number of carbonyl (C=O) groups excluding carboxylic acids is 2. The van der Waals surface area contributed by atoms with Gasteiger partial charge in [-0.1, -0.05) is 85.0 Å². The van der Waals surface area contributed by atoms with Crippen LogP contribution in [0.25, 0.3) is 0 Å². The molecule has 0 aromatic rings. The predicted octanol–water partition coefficient (Wildman–Crippen LogP) is 3.74. The van der Waals surface area contributed by atoms with Crippen molar-refractivity contribution < 1.29 is 24.2 Å². The summed E-state index contributed by atoms with van der Waals surface area (Å²) < 4.78 is 11.0.